The van der Waals surface area contributed by atoms with E-state index in [0.29, 0.717) is 0 Å². The molecule has 18 heavy (non-hydrogen) atoms. The average molecular weight is 266 g/mol. The molecule has 0 radical (unpaired) electrons. The van der Waals surface area contributed by atoms with Crippen molar-refractivity contribution in [3.8, 4) is 0 Å². The minimum absolute atomic E-state index is 0.233. The number of hydrogen-bond donors (Lipinski definition) is 0. The molecule has 1 heterocycles. The summed E-state index contributed by atoms with van der Waals surface area (Å²) in [5, 5.41) is 10.9. The van der Waals surface area contributed by atoms with E-state index >= 15 is 0 Å². The van der Waals surface area contributed by atoms with Gasteiger partial charge in [0, 0.05) is 30.5 Å². The van der Waals surface area contributed by atoms with Crippen LogP contribution in [0.3, 0.4) is 0 Å². The van der Waals surface area contributed by atoms with Crippen LogP contribution in [-0.4, -0.2) is 34.4 Å². The van der Waals surface area contributed by atoms with E-state index in [2.05, 4.69) is 4.90 Å². The van der Waals surface area contributed by atoms with Gasteiger partial charge in [-0.15, -0.1) is 0 Å². The lowest BCUT2D eigenvalue weighted by atomic mass is 10.1. The zero-order chi connectivity index (χ0) is 13.0. The van der Waals surface area contributed by atoms with Gasteiger partial charge in [0.1, 0.15) is 0 Å². The monoisotopic (exact) mass is 266 g/mol. The lowest BCUT2D eigenvalue weighted by molar-refractivity contribution is -0.385. The summed E-state index contributed by atoms with van der Waals surface area (Å²) in [5.74, 6) is 2.39. The molecule has 1 aromatic rings. The van der Waals surface area contributed by atoms with Crippen LogP contribution in [0.15, 0.2) is 18.2 Å². The lowest BCUT2D eigenvalue weighted by Gasteiger charge is -2.20. The highest BCUT2D eigenvalue weighted by molar-refractivity contribution is 7.99. The van der Waals surface area contributed by atoms with Crippen LogP contribution < -0.4 is 0 Å². The molecule has 1 saturated heterocycles. The average Bonchev–Trinajstić information content (AvgIpc) is 2.60. The number of nitro groups is 1. The lowest BCUT2D eigenvalue weighted by Crippen LogP contribution is -2.25. The number of hydrogen-bond acceptors (Lipinski definition) is 4. The van der Waals surface area contributed by atoms with Crippen molar-refractivity contribution in [3.63, 3.8) is 0 Å². The summed E-state index contributed by atoms with van der Waals surface area (Å²) < 4.78 is 0. The maximum absolute atomic E-state index is 10.9. The largest absolute Gasteiger partial charge is 0.298 e. The highest BCUT2D eigenvalue weighted by Gasteiger charge is 2.16. The van der Waals surface area contributed by atoms with Gasteiger partial charge in [0.25, 0.3) is 5.69 Å². The van der Waals surface area contributed by atoms with Crippen LogP contribution in [0.25, 0.3) is 0 Å². The van der Waals surface area contributed by atoms with Gasteiger partial charge in [-0.25, -0.2) is 0 Å². The summed E-state index contributed by atoms with van der Waals surface area (Å²) in [6, 6.07) is 5.37. The van der Waals surface area contributed by atoms with E-state index in [9.17, 15) is 10.1 Å². The topological polar surface area (TPSA) is 46.4 Å². The molecule has 0 N–H and O–H groups in total. The van der Waals surface area contributed by atoms with Gasteiger partial charge in [-0.05, 0) is 31.2 Å². The van der Waals surface area contributed by atoms with Crippen LogP contribution in [0.5, 0.6) is 0 Å². The predicted octanol–water partition coefficient (Wildman–Crippen LogP) is 2.84. The van der Waals surface area contributed by atoms with Gasteiger partial charge in [-0.1, -0.05) is 12.1 Å². The van der Waals surface area contributed by atoms with Crippen molar-refractivity contribution in [2.24, 2.45) is 0 Å². The van der Waals surface area contributed by atoms with E-state index in [1.165, 1.54) is 12.2 Å². The summed E-state index contributed by atoms with van der Waals surface area (Å²) in [6.07, 6.45) is 1.21. The molecule has 2 rings (SSSR count). The summed E-state index contributed by atoms with van der Waals surface area (Å²) in [5.41, 5.74) is 2.12. The Morgan fingerprint density at radius 3 is 3.00 bits per heavy atom. The number of nitrogens with zero attached hydrogens (tertiary/aromatic N) is 2. The molecule has 0 spiro atoms. The molecule has 5 heteroatoms. The molecule has 4 nitrogen and oxygen atoms in total. The second-order valence-electron chi connectivity index (χ2n) is 4.56. The van der Waals surface area contributed by atoms with E-state index in [4.69, 9.17) is 0 Å². The van der Waals surface area contributed by atoms with Gasteiger partial charge in [-0.2, -0.15) is 11.8 Å². The second-order valence-corrected chi connectivity index (χ2v) is 5.79. The van der Waals surface area contributed by atoms with Crippen molar-refractivity contribution in [2.45, 2.75) is 19.9 Å². The van der Waals surface area contributed by atoms with Crippen molar-refractivity contribution in [1.82, 2.24) is 4.90 Å². The third-order valence-corrected chi connectivity index (χ3v) is 4.37. The summed E-state index contributed by atoms with van der Waals surface area (Å²) in [4.78, 5) is 13.0. The first-order valence-corrected chi connectivity index (χ1v) is 7.37. The fraction of sp³-hybridized carbons (Fsp3) is 0.538. The normalized spacial score (nSPS) is 17.4. The number of nitro benzene ring substituents is 1. The molecule has 0 bridgehead atoms. The molecule has 1 fully saturated rings. The van der Waals surface area contributed by atoms with Crippen LogP contribution in [0.1, 0.15) is 17.5 Å². The van der Waals surface area contributed by atoms with Gasteiger partial charge in [-0.3, -0.25) is 15.0 Å². The van der Waals surface area contributed by atoms with E-state index in [-0.39, 0.29) is 10.6 Å². The zero-order valence-corrected chi connectivity index (χ0v) is 11.4. The SMILES string of the molecule is Cc1c(CN2CCCSCC2)cccc1[N+](=O)[O-]. The van der Waals surface area contributed by atoms with Gasteiger partial charge in [0.2, 0.25) is 0 Å². The molecular formula is C13H18N2O2S. The van der Waals surface area contributed by atoms with Crippen LogP contribution in [0.4, 0.5) is 5.69 Å². The molecule has 0 amide bonds. The van der Waals surface area contributed by atoms with E-state index < -0.39 is 0 Å². The van der Waals surface area contributed by atoms with Crippen molar-refractivity contribution in [3.05, 3.63) is 39.4 Å². The Balaban J connectivity index is 2.13. The zero-order valence-electron chi connectivity index (χ0n) is 10.6. The fourth-order valence-electron chi connectivity index (χ4n) is 2.24. The standard InChI is InChI=1S/C13H18N2O2S/c1-11-12(4-2-5-13(11)15(16)17)10-14-6-3-8-18-9-7-14/h2,4-5H,3,6-10H2,1H3. The Labute approximate surface area is 112 Å². The molecule has 1 aromatic carbocycles. The molecule has 0 unspecified atom stereocenters. The quantitative estimate of drug-likeness (QED) is 0.623. The Morgan fingerprint density at radius 2 is 2.22 bits per heavy atom. The van der Waals surface area contributed by atoms with Crippen molar-refractivity contribution < 1.29 is 4.92 Å². The maximum Gasteiger partial charge on any atom is 0.272 e. The first kappa shape index (κ1) is 13.4. The van der Waals surface area contributed by atoms with Crippen LogP contribution in [0.2, 0.25) is 0 Å². The molecular weight excluding hydrogens is 248 g/mol. The van der Waals surface area contributed by atoms with Crippen molar-refractivity contribution >= 4 is 17.4 Å². The summed E-state index contributed by atoms with van der Waals surface area (Å²) >= 11 is 1.99. The number of rotatable bonds is 3. The second kappa shape index (κ2) is 6.20. The molecule has 0 saturated carbocycles. The maximum atomic E-state index is 10.9. The first-order chi connectivity index (χ1) is 8.68. The summed E-state index contributed by atoms with van der Waals surface area (Å²) in [6.45, 7) is 4.84. The third-order valence-electron chi connectivity index (χ3n) is 3.32. The van der Waals surface area contributed by atoms with Gasteiger partial charge >= 0.3 is 0 Å². The van der Waals surface area contributed by atoms with Gasteiger partial charge in [0.15, 0.2) is 0 Å². The minimum atomic E-state index is -0.295. The molecule has 1 aliphatic heterocycles. The Kier molecular flexibility index (Phi) is 4.60. The smallest absolute Gasteiger partial charge is 0.272 e. The summed E-state index contributed by atoms with van der Waals surface area (Å²) in [7, 11) is 0. The molecule has 1 aliphatic rings. The fourth-order valence-corrected chi connectivity index (χ4v) is 3.16. The highest BCUT2D eigenvalue weighted by atomic mass is 32.2. The molecule has 0 aliphatic carbocycles. The third kappa shape index (κ3) is 3.23. The van der Waals surface area contributed by atoms with E-state index in [1.54, 1.807) is 12.1 Å². The molecule has 0 aromatic heterocycles. The first-order valence-electron chi connectivity index (χ1n) is 6.21. The van der Waals surface area contributed by atoms with E-state index in [0.717, 1.165) is 36.5 Å². The van der Waals surface area contributed by atoms with Crippen molar-refractivity contribution in [1.29, 1.82) is 0 Å². The predicted molar refractivity (Wildman–Crippen MR) is 75.1 cm³/mol. The Morgan fingerprint density at radius 1 is 1.39 bits per heavy atom. The van der Waals surface area contributed by atoms with Crippen LogP contribution >= 0.6 is 11.8 Å². The van der Waals surface area contributed by atoms with Crippen LogP contribution in [-0.2, 0) is 6.54 Å². The van der Waals surface area contributed by atoms with Crippen molar-refractivity contribution in [2.75, 3.05) is 24.6 Å². The molecule has 98 valence electrons. The van der Waals surface area contributed by atoms with E-state index in [1.807, 2.05) is 24.8 Å². The van der Waals surface area contributed by atoms with Gasteiger partial charge in [0.05, 0.1) is 4.92 Å². The Bertz CT molecular complexity index is 429. The highest BCUT2D eigenvalue weighted by Crippen LogP contribution is 2.23. The number of benzene rings is 1. The Hall–Kier alpha value is -1.07. The minimum Gasteiger partial charge on any atom is -0.298 e. The van der Waals surface area contributed by atoms with Gasteiger partial charge < -0.3 is 0 Å². The molecule has 0 atom stereocenters. The number of thioether (sulfide) groups is 1. The van der Waals surface area contributed by atoms with Crippen LogP contribution in [0, 0.1) is 17.0 Å².